The van der Waals surface area contributed by atoms with Gasteiger partial charge in [0, 0.05) is 16.9 Å². The van der Waals surface area contributed by atoms with Crippen molar-refractivity contribution in [3.05, 3.63) is 10.8 Å². The van der Waals surface area contributed by atoms with Crippen LogP contribution in [0.2, 0.25) is 0 Å². The lowest BCUT2D eigenvalue weighted by atomic mass is 9.76. The van der Waals surface area contributed by atoms with E-state index in [4.69, 9.17) is 10.8 Å². The Morgan fingerprint density at radius 2 is 1.76 bits per heavy atom. The molecule has 3 rings (SSSR count). The van der Waals surface area contributed by atoms with Crippen molar-refractivity contribution in [2.24, 2.45) is 5.73 Å². The van der Waals surface area contributed by atoms with E-state index >= 15 is 0 Å². The van der Waals surface area contributed by atoms with Gasteiger partial charge >= 0.3 is 0 Å². The maximum absolute atomic E-state index is 6.34. The number of nitrogens with two attached hydrogens (primary N) is 1. The summed E-state index contributed by atoms with van der Waals surface area (Å²) < 4.78 is 1.96. The van der Waals surface area contributed by atoms with Crippen LogP contribution in [0, 0.1) is 0 Å². The molecule has 1 fully saturated rings. The maximum Gasteiger partial charge on any atom is 0.234 e. The molecule has 0 atom stereocenters. The Morgan fingerprint density at radius 1 is 1.10 bits per heavy atom. The summed E-state index contributed by atoms with van der Waals surface area (Å²) in [6.07, 6.45) is 6.34. The molecule has 0 radical (unpaired) electrons. The van der Waals surface area contributed by atoms with Crippen LogP contribution in [-0.4, -0.2) is 25.4 Å². The maximum atomic E-state index is 6.34. The highest BCUT2D eigenvalue weighted by atomic mass is 32.1. The van der Waals surface area contributed by atoms with Crippen LogP contribution in [0.15, 0.2) is 0 Å². The minimum Gasteiger partial charge on any atom is -0.325 e. The zero-order valence-electron chi connectivity index (χ0n) is 13.4. The number of hydrogen-bond donors (Lipinski definition) is 1. The highest BCUT2D eigenvalue weighted by molar-refractivity contribution is 7.16. The van der Waals surface area contributed by atoms with Crippen LogP contribution in [0.5, 0.6) is 0 Å². The second-order valence-electron chi connectivity index (χ2n) is 7.34. The average Bonchev–Trinajstić information content (AvgIpc) is 2.98. The Balaban J connectivity index is 2.00. The van der Waals surface area contributed by atoms with Gasteiger partial charge in [-0.2, -0.15) is 9.61 Å². The summed E-state index contributed by atoms with van der Waals surface area (Å²) in [6.45, 7) is 8.41. The van der Waals surface area contributed by atoms with Crippen molar-refractivity contribution < 1.29 is 0 Å². The van der Waals surface area contributed by atoms with Crippen LogP contribution in [0.1, 0.15) is 76.5 Å². The van der Waals surface area contributed by atoms with Gasteiger partial charge in [-0.3, -0.25) is 0 Å². The summed E-state index contributed by atoms with van der Waals surface area (Å²) in [5, 5.41) is 14.6. The van der Waals surface area contributed by atoms with E-state index < -0.39 is 0 Å². The summed E-state index contributed by atoms with van der Waals surface area (Å²) in [4.78, 5) is 0.892. The molecule has 0 aromatic carbocycles. The molecule has 0 aliphatic heterocycles. The van der Waals surface area contributed by atoms with Gasteiger partial charge in [0.2, 0.25) is 4.96 Å². The van der Waals surface area contributed by atoms with Crippen LogP contribution in [-0.2, 0) is 5.41 Å². The molecule has 0 unspecified atom stereocenters. The fraction of sp³-hybridized carbons (Fsp3) is 0.800. The molecule has 21 heavy (non-hydrogen) atoms. The number of hydrogen-bond acceptors (Lipinski definition) is 5. The Kier molecular flexibility index (Phi) is 3.56. The Bertz CT molecular complexity index is 628. The van der Waals surface area contributed by atoms with Crippen molar-refractivity contribution in [1.82, 2.24) is 19.8 Å². The third-order valence-electron chi connectivity index (χ3n) is 5.13. The predicted molar refractivity (Wildman–Crippen MR) is 85.8 cm³/mol. The normalized spacial score (nSPS) is 18.5. The number of rotatable bonds is 3. The lowest BCUT2D eigenvalue weighted by Gasteiger charge is -2.36. The molecular weight excluding hydrogens is 282 g/mol. The second-order valence-corrected chi connectivity index (χ2v) is 8.30. The molecule has 5 nitrogen and oxygen atoms in total. The van der Waals surface area contributed by atoms with Gasteiger partial charge in [-0.15, -0.1) is 10.2 Å². The van der Waals surface area contributed by atoms with Gasteiger partial charge in [0.15, 0.2) is 5.82 Å². The first-order valence-corrected chi connectivity index (χ1v) is 8.64. The third-order valence-corrected chi connectivity index (χ3v) is 6.35. The molecular formula is C15H25N5S. The molecule has 1 aliphatic rings. The van der Waals surface area contributed by atoms with Crippen molar-refractivity contribution in [2.45, 2.75) is 76.7 Å². The molecule has 2 N–H and O–H groups in total. The average molecular weight is 307 g/mol. The van der Waals surface area contributed by atoms with E-state index in [1.54, 1.807) is 11.3 Å². The largest absolute Gasteiger partial charge is 0.325 e. The van der Waals surface area contributed by atoms with Crippen LogP contribution in [0.3, 0.4) is 0 Å². The summed E-state index contributed by atoms with van der Waals surface area (Å²) in [7, 11) is 0. The molecule has 6 heteroatoms. The summed E-state index contributed by atoms with van der Waals surface area (Å²) in [5.41, 5.74) is 5.81. The Labute approximate surface area is 129 Å². The van der Waals surface area contributed by atoms with E-state index in [0.717, 1.165) is 15.8 Å². The lowest BCUT2D eigenvalue weighted by Crippen LogP contribution is -2.50. The first kappa shape index (κ1) is 14.9. The summed E-state index contributed by atoms with van der Waals surface area (Å²) >= 11 is 1.61. The highest BCUT2D eigenvalue weighted by Crippen LogP contribution is 2.37. The fourth-order valence-electron chi connectivity index (χ4n) is 2.78. The minimum atomic E-state index is -0.332. The quantitative estimate of drug-likeness (QED) is 0.945. The number of nitrogens with zero attached hydrogens (tertiary/aromatic N) is 4. The van der Waals surface area contributed by atoms with Gasteiger partial charge in [-0.25, -0.2) is 0 Å². The lowest BCUT2D eigenvalue weighted by molar-refractivity contribution is 0.302. The fourth-order valence-corrected chi connectivity index (χ4v) is 3.89. The molecule has 0 spiro atoms. The molecule has 2 heterocycles. The molecule has 0 saturated heterocycles. The smallest absolute Gasteiger partial charge is 0.234 e. The third kappa shape index (κ3) is 2.48. The Hall–Kier alpha value is -1.01. The minimum absolute atomic E-state index is 0.192. The topological polar surface area (TPSA) is 69.1 Å². The number of aromatic nitrogens is 4. The van der Waals surface area contributed by atoms with Gasteiger partial charge in [0.05, 0.1) is 0 Å². The van der Waals surface area contributed by atoms with Gasteiger partial charge < -0.3 is 5.73 Å². The predicted octanol–water partition coefficient (Wildman–Crippen LogP) is 3.25. The van der Waals surface area contributed by atoms with Gasteiger partial charge in [-0.1, -0.05) is 44.4 Å². The molecule has 0 amide bonds. The SMILES string of the molecule is CC(C)(N)C(C)(C)c1nn2c(C3CCCCC3)nnc2s1. The summed E-state index contributed by atoms with van der Waals surface area (Å²) in [6, 6.07) is 0. The van der Waals surface area contributed by atoms with Crippen molar-refractivity contribution >= 4 is 16.3 Å². The van der Waals surface area contributed by atoms with E-state index in [9.17, 15) is 0 Å². The second kappa shape index (κ2) is 5.02. The molecule has 1 aliphatic carbocycles. The van der Waals surface area contributed by atoms with Crippen LogP contribution in [0.4, 0.5) is 0 Å². The molecule has 1 saturated carbocycles. The van der Waals surface area contributed by atoms with Crippen molar-refractivity contribution in [1.29, 1.82) is 0 Å². The monoisotopic (exact) mass is 307 g/mol. The van der Waals surface area contributed by atoms with Crippen LogP contribution < -0.4 is 5.73 Å². The van der Waals surface area contributed by atoms with E-state index in [2.05, 4.69) is 37.9 Å². The van der Waals surface area contributed by atoms with Crippen molar-refractivity contribution in [2.75, 3.05) is 0 Å². The summed E-state index contributed by atoms with van der Waals surface area (Å²) in [5.74, 6) is 1.55. The number of fused-ring (bicyclic) bond motifs is 1. The van der Waals surface area contributed by atoms with E-state index in [-0.39, 0.29) is 11.0 Å². The van der Waals surface area contributed by atoms with Crippen molar-refractivity contribution in [3.63, 3.8) is 0 Å². The first-order valence-electron chi connectivity index (χ1n) is 7.82. The highest BCUT2D eigenvalue weighted by Gasteiger charge is 2.39. The first-order chi connectivity index (χ1) is 9.80. The zero-order chi connectivity index (χ0) is 15.3. The molecule has 116 valence electrons. The van der Waals surface area contributed by atoms with E-state index in [1.165, 1.54) is 32.1 Å². The van der Waals surface area contributed by atoms with Gasteiger partial charge in [-0.05, 0) is 26.7 Å². The molecule has 2 aromatic heterocycles. The van der Waals surface area contributed by atoms with E-state index in [0.29, 0.717) is 5.92 Å². The Morgan fingerprint density at radius 3 is 2.38 bits per heavy atom. The zero-order valence-corrected chi connectivity index (χ0v) is 14.2. The van der Waals surface area contributed by atoms with Crippen LogP contribution in [0.25, 0.3) is 4.96 Å². The standard InChI is InChI=1S/C15H25N5S/c1-14(2,15(3,4)16)12-19-20-11(17-18-13(20)21-12)10-8-6-5-7-9-10/h10H,5-9,16H2,1-4H3. The molecule has 0 bridgehead atoms. The van der Waals surface area contributed by atoms with Gasteiger partial charge in [0.25, 0.3) is 0 Å². The van der Waals surface area contributed by atoms with Gasteiger partial charge in [0.1, 0.15) is 5.01 Å². The van der Waals surface area contributed by atoms with E-state index in [1.807, 2.05) is 4.52 Å². The van der Waals surface area contributed by atoms with Crippen molar-refractivity contribution in [3.8, 4) is 0 Å². The molecule has 2 aromatic rings. The van der Waals surface area contributed by atoms with Crippen LogP contribution >= 0.6 is 11.3 Å².